The van der Waals surface area contributed by atoms with E-state index < -0.39 is 0 Å². The summed E-state index contributed by atoms with van der Waals surface area (Å²) in [6.07, 6.45) is 14.2. The highest BCUT2D eigenvalue weighted by Crippen LogP contribution is 2.16. The van der Waals surface area contributed by atoms with Crippen molar-refractivity contribution in [3.8, 4) is 0 Å². The van der Waals surface area contributed by atoms with E-state index in [4.69, 9.17) is 5.11 Å². The van der Waals surface area contributed by atoms with Crippen LogP contribution in [0.25, 0.3) is 0 Å². The normalized spacial score (nSPS) is 16.1. The van der Waals surface area contributed by atoms with Crippen LogP contribution in [0.2, 0.25) is 0 Å². The van der Waals surface area contributed by atoms with Crippen LogP contribution in [0.1, 0.15) is 91.4 Å². The van der Waals surface area contributed by atoms with E-state index in [1.807, 2.05) is 6.92 Å². The quantitative estimate of drug-likeness (QED) is 0.445. The fraction of sp³-hybridized carbons (Fsp3) is 1.00. The molecule has 0 saturated heterocycles. The molecule has 122 valence electrons. The van der Waals surface area contributed by atoms with Crippen LogP contribution in [0.4, 0.5) is 0 Å². The maximum Gasteiger partial charge on any atom is 0.0537 e. The zero-order valence-corrected chi connectivity index (χ0v) is 14.1. The van der Waals surface area contributed by atoms with Gasteiger partial charge in [-0.25, -0.2) is 0 Å². The molecular weight excluding hydrogens is 248 g/mol. The fourth-order valence-electron chi connectivity index (χ4n) is 2.53. The fourth-order valence-corrected chi connectivity index (χ4v) is 2.53. The minimum Gasteiger partial charge on any atom is -0.396 e. The predicted octanol–water partition coefficient (Wildman–Crippen LogP) is 4.92. The first-order valence-electron chi connectivity index (χ1n) is 8.86. The van der Waals surface area contributed by atoms with E-state index in [1.165, 1.54) is 70.6 Å². The Morgan fingerprint density at radius 3 is 1.45 bits per heavy atom. The zero-order chi connectivity index (χ0) is 15.2. The lowest BCUT2D eigenvalue weighted by molar-refractivity contribution is 0.128. The molecule has 0 heterocycles. The van der Waals surface area contributed by atoms with Gasteiger partial charge in [0, 0.05) is 6.61 Å². The number of aliphatic hydroxyl groups is 2. The molecule has 2 heteroatoms. The molecule has 3 unspecified atom stereocenters. The van der Waals surface area contributed by atoms with Crippen LogP contribution in [-0.2, 0) is 0 Å². The van der Waals surface area contributed by atoms with Crippen molar-refractivity contribution in [1.29, 1.82) is 0 Å². The van der Waals surface area contributed by atoms with Crippen molar-refractivity contribution in [1.82, 2.24) is 0 Å². The number of aliphatic hydroxyl groups excluding tert-OH is 2. The Kier molecular flexibility index (Phi) is 13.8. The molecule has 0 amide bonds. The van der Waals surface area contributed by atoms with Crippen LogP contribution < -0.4 is 0 Å². The van der Waals surface area contributed by atoms with E-state index in [0.717, 1.165) is 0 Å². The lowest BCUT2D eigenvalue weighted by Crippen LogP contribution is -2.12. The predicted molar refractivity (Wildman–Crippen MR) is 87.9 cm³/mol. The number of unbranched alkanes of at least 4 members (excludes halogenated alkanes) is 8. The monoisotopic (exact) mass is 286 g/mol. The van der Waals surface area contributed by atoms with Gasteiger partial charge in [-0.2, -0.15) is 0 Å². The molecule has 0 saturated carbocycles. The van der Waals surface area contributed by atoms with Gasteiger partial charge in [0.25, 0.3) is 0 Å². The van der Waals surface area contributed by atoms with E-state index in [1.54, 1.807) is 0 Å². The Bertz CT molecular complexity index is 192. The number of hydrogen-bond donors (Lipinski definition) is 2. The highest BCUT2D eigenvalue weighted by atomic mass is 16.3. The van der Waals surface area contributed by atoms with Crippen molar-refractivity contribution in [2.24, 2.45) is 11.8 Å². The maximum absolute atomic E-state index is 9.40. The molecule has 0 aliphatic rings. The Morgan fingerprint density at radius 2 is 1.05 bits per heavy atom. The summed E-state index contributed by atoms with van der Waals surface area (Å²) in [5.74, 6) is 0.940. The van der Waals surface area contributed by atoms with Crippen LogP contribution in [0.5, 0.6) is 0 Å². The summed E-state index contributed by atoms with van der Waals surface area (Å²) >= 11 is 0. The number of rotatable bonds is 14. The topological polar surface area (TPSA) is 40.5 Å². The average molecular weight is 286 g/mol. The first kappa shape index (κ1) is 19.9. The van der Waals surface area contributed by atoms with E-state index >= 15 is 0 Å². The Hall–Kier alpha value is -0.0800. The molecule has 3 atom stereocenters. The largest absolute Gasteiger partial charge is 0.396 e. The van der Waals surface area contributed by atoms with Gasteiger partial charge in [0.2, 0.25) is 0 Å². The maximum atomic E-state index is 9.40. The van der Waals surface area contributed by atoms with Gasteiger partial charge >= 0.3 is 0 Å². The van der Waals surface area contributed by atoms with E-state index in [9.17, 15) is 5.11 Å². The molecule has 0 fully saturated rings. The van der Waals surface area contributed by atoms with Crippen molar-refractivity contribution in [2.75, 3.05) is 6.61 Å². The summed E-state index contributed by atoms with van der Waals surface area (Å²) < 4.78 is 0. The van der Waals surface area contributed by atoms with Crippen molar-refractivity contribution in [3.05, 3.63) is 0 Å². The molecule has 0 aromatic carbocycles. The molecule has 0 rings (SSSR count). The first-order chi connectivity index (χ1) is 9.57. The third-order valence-electron chi connectivity index (χ3n) is 4.49. The Morgan fingerprint density at radius 1 is 0.650 bits per heavy atom. The van der Waals surface area contributed by atoms with Gasteiger partial charge in [-0.15, -0.1) is 0 Å². The van der Waals surface area contributed by atoms with E-state index in [0.29, 0.717) is 18.4 Å². The molecule has 0 radical (unpaired) electrons. The minimum absolute atomic E-state index is 0.149. The van der Waals surface area contributed by atoms with Crippen LogP contribution in [-0.4, -0.2) is 22.9 Å². The summed E-state index contributed by atoms with van der Waals surface area (Å²) in [4.78, 5) is 0. The van der Waals surface area contributed by atoms with Crippen LogP contribution >= 0.6 is 0 Å². The molecule has 2 N–H and O–H groups in total. The van der Waals surface area contributed by atoms with Gasteiger partial charge in [-0.3, -0.25) is 0 Å². The Labute approximate surface area is 127 Å². The van der Waals surface area contributed by atoms with Crippen LogP contribution in [0.3, 0.4) is 0 Å². The molecule has 20 heavy (non-hydrogen) atoms. The van der Waals surface area contributed by atoms with Crippen LogP contribution in [0.15, 0.2) is 0 Å². The summed E-state index contributed by atoms with van der Waals surface area (Å²) in [5, 5.41) is 18.3. The third kappa shape index (κ3) is 12.9. The average Bonchev–Trinajstić information content (AvgIpc) is 2.43. The van der Waals surface area contributed by atoms with Gasteiger partial charge in [-0.1, -0.05) is 71.6 Å². The second kappa shape index (κ2) is 13.9. The van der Waals surface area contributed by atoms with Gasteiger partial charge in [0.05, 0.1) is 6.10 Å². The minimum atomic E-state index is -0.149. The van der Waals surface area contributed by atoms with Crippen LogP contribution in [0, 0.1) is 11.8 Å². The van der Waals surface area contributed by atoms with Crippen molar-refractivity contribution < 1.29 is 10.2 Å². The lowest BCUT2D eigenvalue weighted by Gasteiger charge is -2.13. The second-order valence-corrected chi connectivity index (χ2v) is 6.76. The zero-order valence-electron chi connectivity index (χ0n) is 14.1. The summed E-state index contributed by atoms with van der Waals surface area (Å²) in [6, 6.07) is 0. The highest BCUT2D eigenvalue weighted by Gasteiger charge is 2.07. The Balaban J connectivity index is 3.10. The SMILES string of the molecule is CC(CO)CCCCCCCCCCCC(C)C(C)O. The first-order valence-corrected chi connectivity index (χ1v) is 8.86. The molecule has 0 aliphatic heterocycles. The van der Waals surface area contributed by atoms with Crippen molar-refractivity contribution in [2.45, 2.75) is 97.5 Å². The van der Waals surface area contributed by atoms with E-state index in [2.05, 4.69) is 13.8 Å². The van der Waals surface area contributed by atoms with Gasteiger partial charge in [0.1, 0.15) is 0 Å². The molecule has 0 aromatic rings. The molecule has 0 aromatic heterocycles. The second-order valence-electron chi connectivity index (χ2n) is 6.76. The van der Waals surface area contributed by atoms with Crippen molar-refractivity contribution in [3.63, 3.8) is 0 Å². The molecular formula is C18H38O2. The summed E-state index contributed by atoms with van der Waals surface area (Å²) in [6.45, 7) is 6.50. The van der Waals surface area contributed by atoms with Gasteiger partial charge in [-0.05, 0) is 31.6 Å². The van der Waals surface area contributed by atoms with Gasteiger partial charge < -0.3 is 10.2 Å². The molecule has 0 aliphatic carbocycles. The number of hydrogen-bond acceptors (Lipinski definition) is 2. The van der Waals surface area contributed by atoms with Crippen molar-refractivity contribution >= 4 is 0 Å². The van der Waals surface area contributed by atoms with Gasteiger partial charge in [0.15, 0.2) is 0 Å². The van der Waals surface area contributed by atoms with E-state index in [-0.39, 0.29) is 6.10 Å². The lowest BCUT2D eigenvalue weighted by atomic mass is 9.97. The standard InChI is InChI=1S/C18H38O2/c1-16(15-19)13-11-9-7-5-4-6-8-10-12-14-17(2)18(3)20/h16-20H,4-15H2,1-3H3. The smallest absolute Gasteiger partial charge is 0.0537 e. The summed E-state index contributed by atoms with van der Waals surface area (Å²) in [7, 11) is 0. The highest BCUT2D eigenvalue weighted by molar-refractivity contribution is 4.59. The summed E-state index contributed by atoms with van der Waals surface area (Å²) in [5.41, 5.74) is 0. The third-order valence-corrected chi connectivity index (χ3v) is 4.49. The molecule has 0 bridgehead atoms. The molecule has 0 spiro atoms. The molecule has 2 nitrogen and oxygen atoms in total.